The maximum Gasteiger partial charge on any atom is 0.416 e. The highest BCUT2D eigenvalue weighted by atomic mass is 19.4. The van der Waals surface area contributed by atoms with Gasteiger partial charge in [-0.2, -0.15) is 18.3 Å². The first-order valence-corrected chi connectivity index (χ1v) is 13.0. The van der Waals surface area contributed by atoms with Crippen molar-refractivity contribution in [2.75, 3.05) is 18.9 Å². The number of nitrogens with zero attached hydrogens (tertiary/aromatic N) is 5. The van der Waals surface area contributed by atoms with Gasteiger partial charge in [0.25, 0.3) is 5.91 Å². The van der Waals surface area contributed by atoms with E-state index in [0.29, 0.717) is 29.2 Å². The van der Waals surface area contributed by atoms with Crippen LogP contribution in [0.4, 0.5) is 19.0 Å². The van der Waals surface area contributed by atoms with E-state index >= 15 is 0 Å². The number of benzene rings is 1. The molecule has 2 atom stereocenters. The number of hydrogen-bond donors (Lipinski definition) is 3. The molecular formula is C28H29F3N8O2. The number of hydrogen-bond acceptors (Lipinski definition) is 6. The molecule has 2 amide bonds. The van der Waals surface area contributed by atoms with Gasteiger partial charge < -0.3 is 16.0 Å². The number of carbonyl (C=O) groups excluding carboxylic acids is 2. The molecule has 13 heteroatoms. The quantitative estimate of drug-likeness (QED) is 0.266. The zero-order valence-corrected chi connectivity index (χ0v) is 22.7. The van der Waals surface area contributed by atoms with Crippen LogP contribution in [0.2, 0.25) is 0 Å². The van der Waals surface area contributed by atoms with Crippen molar-refractivity contribution in [2.45, 2.75) is 44.8 Å². The number of nitrogens with two attached hydrogens (primary N) is 1. The van der Waals surface area contributed by atoms with Gasteiger partial charge in [0.1, 0.15) is 17.3 Å². The summed E-state index contributed by atoms with van der Waals surface area (Å²) in [6, 6.07) is 7.78. The van der Waals surface area contributed by atoms with E-state index < -0.39 is 23.1 Å². The number of likely N-dealkylation sites (N-methyl/N-ethyl adjacent to an activating group) is 1. The van der Waals surface area contributed by atoms with Crippen molar-refractivity contribution in [3.05, 3.63) is 70.7 Å². The SMILES string of the molecule is Cc1c([C@H](C)CN(C)C(=O)C2(C3C=N3)CC2)nn(-c2ccc(C(=O)Nc3cc(C(F)(F)F)ccn3)cc2)c1C(=N)N. The predicted octanol–water partition coefficient (Wildman–Crippen LogP) is 3.93. The van der Waals surface area contributed by atoms with Gasteiger partial charge in [0.05, 0.1) is 28.4 Å². The Morgan fingerprint density at radius 2 is 1.90 bits per heavy atom. The lowest BCUT2D eigenvalue weighted by Crippen LogP contribution is -2.39. The molecule has 1 aromatic carbocycles. The van der Waals surface area contributed by atoms with Crippen molar-refractivity contribution < 1.29 is 22.8 Å². The number of nitrogens with one attached hydrogen (secondary N) is 2. The number of aromatic nitrogens is 3. The van der Waals surface area contributed by atoms with Crippen molar-refractivity contribution in [3.63, 3.8) is 0 Å². The van der Waals surface area contributed by atoms with Crippen molar-refractivity contribution in [3.8, 4) is 5.69 Å². The lowest BCUT2D eigenvalue weighted by molar-refractivity contribution is -0.137. The van der Waals surface area contributed by atoms with E-state index in [2.05, 4.69) is 15.3 Å². The van der Waals surface area contributed by atoms with Crippen LogP contribution in [0.5, 0.6) is 0 Å². The van der Waals surface area contributed by atoms with Crippen LogP contribution in [0.1, 0.15) is 58.6 Å². The minimum atomic E-state index is -4.56. The van der Waals surface area contributed by atoms with E-state index in [-0.39, 0.29) is 35.1 Å². The molecule has 0 spiro atoms. The molecule has 1 fully saturated rings. The number of halogens is 3. The Labute approximate surface area is 234 Å². The third-order valence-corrected chi connectivity index (χ3v) is 7.56. The first-order valence-electron chi connectivity index (χ1n) is 13.0. The molecule has 2 aliphatic rings. The van der Waals surface area contributed by atoms with Gasteiger partial charge in [0.2, 0.25) is 5.91 Å². The summed E-state index contributed by atoms with van der Waals surface area (Å²) in [5, 5.41) is 15.3. The summed E-state index contributed by atoms with van der Waals surface area (Å²) in [6.45, 7) is 4.19. The molecule has 1 aliphatic carbocycles. The fourth-order valence-corrected chi connectivity index (χ4v) is 5.16. The predicted molar refractivity (Wildman–Crippen MR) is 147 cm³/mol. The van der Waals surface area contributed by atoms with Crippen LogP contribution >= 0.6 is 0 Å². The third kappa shape index (κ3) is 5.43. The topological polar surface area (TPSA) is 142 Å². The second kappa shape index (κ2) is 10.1. The van der Waals surface area contributed by atoms with Crippen molar-refractivity contribution in [2.24, 2.45) is 16.1 Å². The summed E-state index contributed by atoms with van der Waals surface area (Å²) in [5.41, 5.74) is 7.09. The molecule has 3 aromatic rings. The van der Waals surface area contributed by atoms with Crippen molar-refractivity contribution >= 4 is 29.7 Å². The molecule has 41 heavy (non-hydrogen) atoms. The van der Waals surface area contributed by atoms with E-state index in [9.17, 15) is 22.8 Å². The minimum absolute atomic E-state index is 0.0179. The number of aliphatic imine (C=N–C) groups is 1. The summed E-state index contributed by atoms with van der Waals surface area (Å²) < 4.78 is 40.5. The first kappa shape index (κ1) is 28.0. The van der Waals surface area contributed by atoms with Crippen LogP contribution in [0.15, 0.2) is 47.6 Å². The molecule has 1 unspecified atom stereocenters. The molecule has 0 bridgehead atoms. The van der Waals surface area contributed by atoms with Gasteiger partial charge in [-0.1, -0.05) is 6.92 Å². The van der Waals surface area contributed by atoms with Crippen molar-refractivity contribution in [1.29, 1.82) is 5.41 Å². The smallest absolute Gasteiger partial charge is 0.382 e. The monoisotopic (exact) mass is 566 g/mol. The lowest BCUT2D eigenvalue weighted by atomic mass is 9.98. The Bertz CT molecular complexity index is 1550. The van der Waals surface area contributed by atoms with Crippen LogP contribution in [-0.4, -0.2) is 63.2 Å². The number of alkyl halides is 3. The van der Waals surface area contributed by atoms with Crippen LogP contribution in [-0.2, 0) is 11.0 Å². The molecular weight excluding hydrogens is 537 g/mol. The second-order valence-corrected chi connectivity index (χ2v) is 10.6. The van der Waals surface area contributed by atoms with E-state index in [1.54, 1.807) is 24.1 Å². The third-order valence-electron chi connectivity index (χ3n) is 7.56. The second-order valence-electron chi connectivity index (χ2n) is 10.6. The molecule has 214 valence electrons. The molecule has 0 radical (unpaired) electrons. The maximum atomic E-state index is 13.1. The molecule has 2 aromatic heterocycles. The average molecular weight is 567 g/mol. The normalized spacial score (nSPS) is 17.6. The molecule has 1 saturated carbocycles. The number of amides is 2. The zero-order valence-electron chi connectivity index (χ0n) is 22.7. The zero-order chi connectivity index (χ0) is 29.7. The number of rotatable bonds is 9. The Hall–Kier alpha value is -4.55. The highest BCUT2D eigenvalue weighted by molar-refractivity contribution is 6.04. The van der Waals surface area contributed by atoms with Crippen LogP contribution in [0.3, 0.4) is 0 Å². The summed E-state index contributed by atoms with van der Waals surface area (Å²) in [7, 11) is 1.78. The van der Waals surface area contributed by atoms with E-state index in [0.717, 1.165) is 31.2 Å². The number of amidine groups is 1. The number of carbonyl (C=O) groups is 2. The summed E-state index contributed by atoms with van der Waals surface area (Å²) in [5.74, 6) is -1.15. The summed E-state index contributed by atoms with van der Waals surface area (Å²) in [4.78, 5) is 35.5. The molecule has 1 aliphatic heterocycles. The van der Waals surface area contributed by atoms with Crippen molar-refractivity contribution in [1.82, 2.24) is 19.7 Å². The standard InChI is InChI=1S/C28H29F3N8O2/c1-15(14-38(3)26(41)27(9-10-27)20-13-35-20)22-16(2)23(24(32)33)39(37-22)19-6-4-17(5-7-19)25(40)36-21-12-18(8-11-34-21)28(29,30)31/h4-8,11-13,15,20H,9-10,14H2,1-3H3,(H3,32,33)(H,34,36,40)/t15-,20?/m1/s1. The maximum absolute atomic E-state index is 13.1. The largest absolute Gasteiger partial charge is 0.416 e. The van der Waals surface area contributed by atoms with Gasteiger partial charge >= 0.3 is 6.18 Å². The number of pyridine rings is 1. The van der Waals surface area contributed by atoms with Gasteiger partial charge in [-0.15, -0.1) is 0 Å². The Morgan fingerprint density at radius 3 is 2.46 bits per heavy atom. The first-order chi connectivity index (χ1) is 19.3. The molecule has 10 nitrogen and oxygen atoms in total. The highest BCUT2D eigenvalue weighted by Gasteiger charge is 2.59. The minimum Gasteiger partial charge on any atom is -0.382 e. The van der Waals surface area contributed by atoms with E-state index in [1.807, 2.05) is 20.1 Å². The van der Waals surface area contributed by atoms with E-state index in [1.165, 1.54) is 16.8 Å². The van der Waals surface area contributed by atoms with Gasteiger partial charge in [-0.25, -0.2) is 9.67 Å². The van der Waals surface area contributed by atoms with Gasteiger partial charge in [0.15, 0.2) is 0 Å². The molecule has 5 rings (SSSR count). The number of nitrogen functional groups attached to an aromatic ring is 1. The van der Waals surface area contributed by atoms with Crippen LogP contribution in [0, 0.1) is 17.7 Å². The van der Waals surface area contributed by atoms with Crippen LogP contribution < -0.4 is 11.1 Å². The van der Waals surface area contributed by atoms with Gasteiger partial charge in [0, 0.05) is 43.0 Å². The van der Waals surface area contributed by atoms with Gasteiger partial charge in [-0.05, 0) is 56.2 Å². The highest BCUT2D eigenvalue weighted by Crippen LogP contribution is 2.53. The molecule has 0 saturated heterocycles. The van der Waals surface area contributed by atoms with Gasteiger partial charge in [-0.3, -0.25) is 20.0 Å². The molecule has 4 N–H and O–H groups in total. The summed E-state index contributed by atoms with van der Waals surface area (Å²) >= 11 is 0. The fraction of sp³-hybridized carbons (Fsp3) is 0.357. The summed E-state index contributed by atoms with van der Waals surface area (Å²) in [6.07, 6.45) is -0.0941. The Balaban J connectivity index is 1.33. The fourth-order valence-electron chi connectivity index (χ4n) is 5.16. The molecule has 3 heterocycles. The van der Waals surface area contributed by atoms with E-state index in [4.69, 9.17) is 16.2 Å². The number of anilines is 1. The lowest BCUT2D eigenvalue weighted by Gasteiger charge is -2.25. The van der Waals surface area contributed by atoms with Crippen LogP contribution in [0.25, 0.3) is 5.69 Å². The average Bonchev–Trinajstić information content (AvgIpc) is 3.84. The Morgan fingerprint density at radius 1 is 1.24 bits per heavy atom. The Kier molecular flexibility index (Phi) is 6.92.